The molecular formula is C12H10N2O4S. The highest BCUT2D eigenvalue weighted by atomic mass is 32.2. The van der Waals surface area contributed by atoms with E-state index < -0.39 is 11.1 Å². The summed E-state index contributed by atoms with van der Waals surface area (Å²) >= 11 is 0.777. The number of aromatic amines is 1. The average Bonchev–Trinajstić information content (AvgIpc) is 2.60. The van der Waals surface area contributed by atoms with Crippen LogP contribution in [0.15, 0.2) is 28.0 Å². The van der Waals surface area contributed by atoms with Gasteiger partial charge in [0.25, 0.3) is 11.1 Å². The fourth-order valence-corrected chi connectivity index (χ4v) is 2.36. The standard InChI is InChI=1S/C12H10N2O4S/c1-7(15)6-14-11(17)9(19-12(14)18)4-8-2-3-10(16)13-5-8/h2-5H,6H2,1H3,(H,13,16)/b9-4-. The Kier molecular flexibility index (Phi) is 3.66. The molecule has 0 aliphatic carbocycles. The molecule has 1 aromatic rings. The van der Waals surface area contributed by atoms with Gasteiger partial charge < -0.3 is 4.98 Å². The van der Waals surface area contributed by atoms with E-state index in [1.54, 1.807) is 0 Å². The van der Waals surface area contributed by atoms with E-state index in [-0.39, 0.29) is 22.8 Å². The molecule has 1 fully saturated rings. The van der Waals surface area contributed by atoms with Crippen LogP contribution >= 0.6 is 11.8 Å². The zero-order valence-electron chi connectivity index (χ0n) is 10.0. The van der Waals surface area contributed by atoms with Crippen molar-refractivity contribution in [2.75, 3.05) is 6.54 Å². The number of hydrogen-bond acceptors (Lipinski definition) is 5. The number of pyridine rings is 1. The normalized spacial score (nSPS) is 17.3. The number of thioether (sulfide) groups is 1. The molecule has 0 atom stereocenters. The number of H-pyrrole nitrogens is 1. The van der Waals surface area contributed by atoms with E-state index in [0.717, 1.165) is 16.7 Å². The summed E-state index contributed by atoms with van der Waals surface area (Å²) in [6.45, 7) is 1.10. The van der Waals surface area contributed by atoms with Crippen LogP contribution in [0, 0.1) is 0 Å². The van der Waals surface area contributed by atoms with Crippen molar-refractivity contribution >= 4 is 34.8 Å². The van der Waals surface area contributed by atoms with Crippen LogP contribution in [0.25, 0.3) is 6.08 Å². The molecule has 2 heterocycles. The Morgan fingerprint density at radius 1 is 1.37 bits per heavy atom. The molecule has 0 spiro atoms. The number of aromatic nitrogens is 1. The summed E-state index contributed by atoms with van der Waals surface area (Å²) in [6.07, 6.45) is 2.95. The van der Waals surface area contributed by atoms with E-state index in [9.17, 15) is 19.2 Å². The highest BCUT2D eigenvalue weighted by Crippen LogP contribution is 2.31. The topological polar surface area (TPSA) is 87.3 Å². The highest BCUT2D eigenvalue weighted by Gasteiger charge is 2.35. The van der Waals surface area contributed by atoms with Crippen molar-refractivity contribution in [2.45, 2.75) is 6.92 Å². The summed E-state index contributed by atoms with van der Waals surface area (Å²) in [5.41, 5.74) is 0.356. The SMILES string of the molecule is CC(=O)CN1C(=O)S/C(=C\c2ccc(=O)[nH]c2)C1=O. The molecule has 0 radical (unpaired) electrons. The number of hydrogen-bond donors (Lipinski definition) is 1. The Hall–Kier alpha value is -2.15. The minimum absolute atomic E-state index is 0.215. The van der Waals surface area contributed by atoms with Crippen molar-refractivity contribution in [3.8, 4) is 0 Å². The number of imide groups is 1. The van der Waals surface area contributed by atoms with Crippen molar-refractivity contribution in [3.05, 3.63) is 39.2 Å². The minimum Gasteiger partial charge on any atom is -0.329 e. The molecule has 1 saturated heterocycles. The first-order valence-electron chi connectivity index (χ1n) is 5.41. The van der Waals surface area contributed by atoms with Gasteiger partial charge in [-0.2, -0.15) is 0 Å². The van der Waals surface area contributed by atoms with Crippen molar-refractivity contribution in [2.24, 2.45) is 0 Å². The van der Waals surface area contributed by atoms with E-state index in [0.29, 0.717) is 5.56 Å². The number of nitrogens with zero attached hydrogens (tertiary/aromatic N) is 1. The number of nitrogens with one attached hydrogen (secondary N) is 1. The molecule has 0 aromatic carbocycles. The van der Waals surface area contributed by atoms with E-state index in [2.05, 4.69) is 4.98 Å². The average molecular weight is 278 g/mol. The van der Waals surface area contributed by atoms with Gasteiger partial charge in [-0.1, -0.05) is 0 Å². The van der Waals surface area contributed by atoms with Crippen LogP contribution in [0.4, 0.5) is 4.79 Å². The summed E-state index contributed by atoms with van der Waals surface area (Å²) in [5, 5.41) is -0.462. The molecule has 1 aromatic heterocycles. The van der Waals surface area contributed by atoms with Crippen LogP contribution in [0.1, 0.15) is 12.5 Å². The maximum absolute atomic E-state index is 11.9. The second kappa shape index (κ2) is 5.23. The highest BCUT2D eigenvalue weighted by molar-refractivity contribution is 8.18. The summed E-state index contributed by atoms with van der Waals surface area (Å²) in [5.74, 6) is -0.746. The monoisotopic (exact) mass is 278 g/mol. The lowest BCUT2D eigenvalue weighted by Gasteiger charge is -2.08. The van der Waals surface area contributed by atoms with Gasteiger partial charge in [-0.3, -0.25) is 24.1 Å². The smallest absolute Gasteiger partial charge is 0.293 e. The third-order valence-corrected chi connectivity index (χ3v) is 3.27. The molecule has 98 valence electrons. The number of carbonyl (C=O) groups excluding carboxylic acids is 3. The van der Waals surface area contributed by atoms with Gasteiger partial charge in [0.1, 0.15) is 5.78 Å². The lowest BCUT2D eigenvalue weighted by molar-refractivity contribution is -0.127. The minimum atomic E-state index is -0.489. The van der Waals surface area contributed by atoms with Crippen molar-refractivity contribution in [1.29, 1.82) is 0 Å². The summed E-state index contributed by atoms with van der Waals surface area (Å²) in [6, 6.07) is 2.86. The molecule has 1 N–H and O–H groups in total. The molecule has 19 heavy (non-hydrogen) atoms. The largest absolute Gasteiger partial charge is 0.329 e. The molecule has 0 saturated carbocycles. The van der Waals surface area contributed by atoms with E-state index in [1.807, 2.05) is 0 Å². The van der Waals surface area contributed by atoms with Gasteiger partial charge in [-0.05, 0) is 36.4 Å². The Morgan fingerprint density at radius 2 is 2.11 bits per heavy atom. The van der Waals surface area contributed by atoms with Gasteiger partial charge >= 0.3 is 0 Å². The molecule has 1 aliphatic rings. The van der Waals surface area contributed by atoms with Crippen LogP contribution in [0.2, 0.25) is 0 Å². The van der Waals surface area contributed by atoms with Crippen LogP contribution in [-0.4, -0.2) is 33.4 Å². The summed E-state index contributed by atoms with van der Waals surface area (Å²) in [7, 11) is 0. The second-order valence-corrected chi connectivity index (χ2v) is 4.95. The van der Waals surface area contributed by atoms with Crippen LogP contribution < -0.4 is 5.56 Å². The molecule has 6 nitrogen and oxygen atoms in total. The van der Waals surface area contributed by atoms with E-state index in [4.69, 9.17) is 0 Å². The zero-order chi connectivity index (χ0) is 14.0. The molecule has 2 rings (SSSR count). The second-order valence-electron chi connectivity index (χ2n) is 3.96. The zero-order valence-corrected chi connectivity index (χ0v) is 10.8. The third-order valence-electron chi connectivity index (χ3n) is 2.36. The van der Waals surface area contributed by atoms with Gasteiger partial charge in [0, 0.05) is 12.3 Å². The van der Waals surface area contributed by atoms with Crippen LogP contribution in [0.5, 0.6) is 0 Å². The maximum Gasteiger partial charge on any atom is 0.293 e. The van der Waals surface area contributed by atoms with E-state index >= 15 is 0 Å². The number of amides is 2. The molecule has 7 heteroatoms. The first kappa shape index (κ1) is 13.3. The van der Waals surface area contributed by atoms with Crippen molar-refractivity contribution in [1.82, 2.24) is 9.88 Å². The predicted molar refractivity (Wildman–Crippen MR) is 70.4 cm³/mol. The fourth-order valence-electron chi connectivity index (χ4n) is 1.52. The van der Waals surface area contributed by atoms with Crippen LogP contribution in [0.3, 0.4) is 0 Å². The van der Waals surface area contributed by atoms with Crippen molar-refractivity contribution in [3.63, 3.8) is 0 Å². The van der Waals surface area contributed by atoms with Crippen LogP contribution in [-0.2, 0) is 9.59 Å². The number of carbonyl (C=O) groups is 3. The Balaban J connectivity index is 2.25. The van der Waals surface area contributed by atoms with Gasteiger partial charge in [-0.15, -0.1) is 0 Å². The van der Waals surface area contributed by atoms with Crippen molar-refractivity contribution < 1.29 is 14.4 Å². The van der Waals surface area contributed by atoms with E-state index in [1.165, 1.54) is 31.3 Å². The predicted octanol–water partition coefficient (Wildman–Crippen LogP) is 1.00. The number of Topliss-reactive ketones (excluding diaryl/α,β-unsaturated/α-hetero) is 1. The lowest BCUT2D eigenvalue weighted by atomic mass is 10.2. The van der Waals surface area contributed by atoms with Gasteiger partial charge in [0.05, 0.1) is 11.4 Å². The Labute approximate surface area is 112 Å². The first-order chi connectivity index (χ1) is 8.97. The van der Waals surface area contributed by atoms with Gasteiger partial charge in [0.2, 0.25) is 5.56 Å². The quantitative estimate of drug-likeness (QED) is 0.833. The summed E-state index contributed by atoms with van der Waals surface area (Å²) < 4.78 is 0. The lowest BCUT2D eigenvalue weighted by Crippen LogP contribution is -2.32. The number of ketones is 1. The van der Waals surface area contributed by atoms with Gasteiger partial charge in [0.15, 0.2) is 0 Å². The molecule has 0 unspecified atom stereocenters. The third kappa shape index (κ3) is 3.00. The molecular weight excluding hydrogens is 268 g/mol. The Bertz CT molecular complexity index is 627. The Morgan fingerprint density at radius 3 is 2.68 bits per heavy atom. The molecule has 0 bridgehead atoms. The first-order valence-corrected chi connectivity index (χ1v) is 6.22. The summed E-state index contributed by atoms with van der Waals surface area (Å²) in [4.78, 5) is 49.0. The molecule has 1 aliphatic heterocycles. The fraction of sp³-hybridized carbons (Fsp3) is 0.167. The maximum atomic E-state index is 11.9. The van der Waals surface area contributed by atoms with Gasteiger partial charge in [-0.25, -0.2) is 0 Å². The number of rotatable bonds is 3. The molecule has 2 amide bonds.